The number of hydrogen-bond donors (Lipinski definition) is 3. The van der Waals surface area contributed by atoms with Crippen LogP contribution in [-0.4, -0.2) is 17.7 Å². The topological polar surface area (TPSA) is 87.3 Å². The molecule has 0 aliphatic carbocycles. The van der Waals surface area contributed by atoms with Gasteiger partial charge in [-0.2, -0.15) is 0 Å². The molecule has 6 heteroatoms. The SMILES string of the molecule is CCC(C)(C)C(=O)Nc1cc(NC(=O)CC(C)(C)C)cc(NC(=O)C(C)(C)CC)c1. The molecule has 1 aromatic rings. The molecular weight excluding hydrogens is 378 g/mol. The Morgan fingerprint density at radius 1 is 0.667 bits per heavy atom. The summed E-state index contributed by atoms with van der Waals surface area (Å²) in [5.41, 5.74) is 0.377. The second-order valence-electron chi connectivity index (χ2n) is 10.5. The molecule has 0 saturated carbocycles. The Bertz CT molecular complexity index is 741. The number of nitrogens with one attached hydrogen (secondary N) is 3. The molecule has 0 unspecified atom stereocenters. The van der Waals surface area contributed by atoms with Crippen LogP contribution in [0, 0.1) is 16.2 Å². The summed E-state index contributed by atoms with van der Waals surface area (Å²) in [5.74, 6) is -0.352. The van der Waals surface area contributed by atoms with Gasteiger partial charge in [0.2, 0.25) is 17.7 Å². The van der Waals surface area contributed by atoms with Crippen LogP contribution in [0.4, 0.5) is 17.1 Å². The summed E-state index contributed by atoms with van der Waals surface area (Å²) >= 11 is 0. The lowest BCUT2D eigenvalue weighted by Crippen LogP contribution is -2.31. The summed E-state index contributed by atoms with van der Waals surface area (Å²) in [6, 6.07) is 5.14. The molecule has 0 saturated heterocycles. The second kappa shape index (κ2) is 9.63. The van der Waals surface area contributed by atoms with Crippen LogP contribution in [0.5, 0.6) is 0 Å². The molecule has 30 heavy (non-hydrogen) atoms. The van der Waals surface area contributed by atoms with E-state index < -0.39 is 10.8 Å². The van der Waals surface area contributed by atoms with Gasteiger partial charge in [0, 0.05) is 34.3 Å². The zero-order valence-electron chi connectivity index (χ0n) is 20.1. The van der Waals surface area contributed by atoms with Crippen molar-refractivity contribution in [2.75, 3.05) is 16.0 Å². The maximum atomic E-state index is 12.6. The van der Waals surface area contributed by atoms with Crippen molar-refractivity contribution in [3.8, 4) is 0 Å². The number of anilines is 3. The Morgan fingerprint density at radius 2 is 1.00 bits per heavy atom. The van der Waals surface area contributed by atoms with Gasteiger partial charge in [-0.3, -0.25) is 14.4 Å². The molecule has 0 radical (unpaired) electrons. The van der Waals surface area contributed by atoms with Gasteiger partial charge >= 0.3 is 0 Å². The molecule has 0 atom stereocenters. The predicted molar refractivity (Wildman–Crippen MR) is 125 cm³/mol. The number of carbonyl (C=O) groups excluding carboxylic acids is 3. The maximum absolute atomic E-state index is 12.6. The van der Waals surface area contributed by atoms with Crippen LogP contribution >= 0.6 is 0 Å². The van der Waals surface area contributed by atoms with Crippen molar-refractivity contribution >= 4 is 34.8 Å². The van der Waals surface area contributed by atoms with Crippen molar-refractivity contribution in [3.63, 3.8) is 0 Å². The predicted octanol–water partition coefficient (Wildman–Crippen LogP) is 5.81. The highest BCUT2D eigenvalue weighted by Gasteiger charge is 2.27. The van der Waals surface area contributed by atoms with Crippen molar-refractivity contribution in [2.24, 2.45) is 16.2 Å². The summed E-state index contributed by atoms with van der Waals surface area (Å²) < 4.78 is 0. The molecule has 3 N–H and O–H groups in total. The van der Waals surface area contributed by atoms with Crippen LogP contribution < -0.4 is 16.0 Å². The first kappa shape index (κ1) is 25.7. The fourth-order valence-corrected chi connectivity index (χ4v) is 2.45. The first-order chi connectivity index (χ1) is 13.6. The fraction of sp³-hybridized carbons (Fsp3) is 0.625. The number of carbonyl (C=O) groups is 3. The zero-order valence-corrected chi connectivity index (χ0v) is 20.1. The fourth-order valence-electron chi connectivity index (χ4n) is 2.45. The van der Waals surface area contributed by atoms with Gasteiger partial charge in [-0.1, -0.05) is 62.3 Å². The lowest BCUT2D eigenvalue weighted by molar-refractivity contribution is -0.124. The quantitative estimate of drug-likeness (QED) is 0.499. The van der Waals surface area contributed by atoms with E-state index in [4.69, 9.17) is 0 Å². The van der Waals surface area contributed by atoms with Gasteiger partial charge in [0.15, 0.2) is 0 Å². The summed E-state index contributed by atoms with van der Waals surface area (Å²) in [5, 5.41) is 8.73. The third-order valence-electron chi connectivity index (χ3n) is 5.42. The van der Waals surface area contributed by atoms with E-state index in [0.29, 0.717) is 36.3 Å². The molecule has 0 aliphatic rings. The van der Waals surface area contributed by atoms with Gasteiger partial charge in [-0.05, 0) is 36.5 Å². The van der Waals surface area contributed by atoms with E-state index in [1.54, 1.807) is 18.2 Å². The Hall–Kier alpha value is -2.37. The van der Waals surface area contributed by atoms with E-state index >= 15 is 0 Å². The van der Waals surface area contributed by atoms with E-state index in [2.05, 4.69) is 16.0 Å². The van der Waals surface area contributed by atoms with Crippen LogP contribution in [0.25, 0.3) is 0 Å². The summed E-state index contributed by atoms with van der Waals surface area (Å²) in [4.78, 5) is 37.7. The van der Waals surface area contributed by atoms with Crippen molar-refractivity contribution in [1.29, 1.82) is 0 Å². The number of rotatable bonds is 8. The van der Waals surface area contributed by atoms with Gasteiger partial charge < -0.3 is 16.0 Å². The highest BCUT2D eigenvalue weighted by Crippen LogP contribution is 2.29. The molecule has 0 spiro atoms. The monoisotopic (exact) mass is 417 g/mol. The van der Waals surface area contributed by atoms with Crippen molar-refractivity contribution in [3.05, 3.63) is 18.2 Å². The van der Waals surface area contributed by atoms with Gasteiger partial charge in [0.05, 0.1) is 0 Å². The highest BCUT2D eigenvalue weighted by atomic mass is 16.2. The van der Waals surface area contributed by atoms with Crippen molar-refractivity contribution in [1.82, 2.24) is 0 Å². The van der Waals surface area contributed by atoms with Crippen LogP contribution in [0.1, 0.15) is 81.6 Å². The molecular formula is C24H39N3O3. The van der Waals surface area contributed by atoms with Gasteiger partial charge in [-0.25, -0.2) is 0 Å². The molecule has 3 amide bonds. The Kier molecular flexibility index (Phi) is 8.24. The van der Waals surface area contributed by atoms with E-state index in [1.165, 1.54) is 0 Å². The van der Waals surface area contributed by atoms with Crippen LogP contribution in [0.15, 0.2) is 18.2 Å². The zero-order chi connectivity index (χ0) is 23.3. The van der Waals surface area contributed by atoms with Crippen molar-refractivity contribution < 1.29 is 14.4 Å². The molecule has 0 fully saturated rings. The van der Waals surface area contributed by atoms with Crippen molar-refractivity contribution in [2.45, 2.75) is 81.6 Å². The first-order valence-electron chi connectivity index (χ1n) is 10.7. The Morgan fingerprint density at radius 3 is 1.30 bits per heavy atom. The summed E-state index contributed by atoms with van der Waals surface area (Å²) in [7, 11) is 0. The van der Waals surface area contributed by atoms with Crippen LogP contribution in [0.2, 0.25) is 0 Å². The van der Waals surface area contributed by atoms with E-state index in [1.807, 2.05) is 62.3 Å². The van der Waals surface area contributed by atoms with Gasteiger partial charge in [-0.15, -0.1) is 0 Å². The molecule has 168 valence electrons. The minimum absolute atomic E-state index is 0.116. The normalized spacial score (nSPS) is 12.3. The maximum Gasteiger partial charge on any atom is 0.230 e. The average molecular weight is 418 g/mol. The molecule has 1 rings (SSSR count). The number of amides is 3. The minimum atomic E-state index is -0.529. The molecule has 1 aromatic carbocycles. The molecule has 0 aliphatic heterocycles. The smallest absolute Gasteiger partial charge is 0.230 e. The third-order valence-corrected chi connectivity index (χ3v) is 5.42. The third kappa shape index (κ3) is 7.81. The lowest BCUT2D eigenvalue weighted by atomic mass is 9.89. The molecule has 0 aromatic heterocycles. The molecule has 6 nitrogen and oxygen atoms in total. The molecule has 0 bridgehead atoms. The molecule has 0 heterocycles. The Labute approximate surface area is 181 Å². The van der Waals surface area contributed by atoms with Crippen LogP contribution in [0.3, 0.4) is 0 Å². The number of hydrogen-bond acceptors (Lipinski definition) is 3. The highest BCUT2D eigenvalue weighted by molar-refractivity contribution is 6.00. The second-order valence-corrected chi connectivity index (χ2v) is 10.5. The largest absolute Gasteiger partial charge is 0.326 e. The van der Waals surface area contributed by atoms with Gasteiger partial charge in [0.1, 0.15) is 0 Å². The van der Waals surface area contributed by atoms with E-state index in [9.17, 15) is 14.4 Å². The van der Waals surface area contributed by atoms with E-state index in [-0.39, 0.29) is 23.1 Å². The van der Waals surface area contributed by atoms with Gasteiger partial charge in [0.25, 0.3) is 0 Å². The standard InChI is InChI=1S/C24H39N3O3/c1-10-23(6,7)20(29)26-17-12-16(25-19(28)15-22(3,4)5)13-18(14-17)27-21(30)24(8,9)11-2/h12-14H,10-11,15H2,1-9H3,(H,25,28)(H,26,29)(H,27,30). The van der Waals surface area contributed by atoms with E-state index in [0.717, 1.165) is 0 Å². The summed E-state index contributed by atoms with van der Waals surface area (Å²) in [6.07, 6.45) is 1.74. The number of benzene rings is 1. The Balaban J connectivity index is 3.22. The van der Waals surface area contributed by atoms with Crippen LogP contribution in [-0.2, 0) is 14.4 Å². The average Bonchev–Trinajstić information content (AvgIpc) is 2.59. The minimum Gasteiger partial charge on any atom is -0.326 e. The first-order valence-corrected chi connectivity index (χ1v) is 10.7. The lowest BCUT2D eigenvalue weighted by Gasteiger charge is -2.24. The summed E-state index contributed by atoms with van der Waals surface area (Å²) in [6.45, 7) is 17.4.